The summed E-state index contributed by atoms with van der Waals surface area (Å²) in [6.07, 6.45) is 0. The van der Waals surface area contributed by atoms with E-state index in [1.165, 1.54) is 0 Å². The van der Waals surface area contributed by atoms with Gasteiger partial charge in [-0.3, -0.25) is 4.79 Å². The van der Waals surface area contributed by atoms with E-state index in [1.807, 2.05) is 30.3 Å². The third-order valence-electron chi connectivity index (χ3n) is 1.88. The minimum Gasteiger partial charge on any atom is -0.460 e. The van der Waals surface area contributed by atoms with Gasteiger partial charge in [0.2, 0.25) is 0 Å². The van der Waals surface area contributed by atoms with Crippen molar-refractivity contribution in [3.05, 3.63) is 42.9 Å². The SMILES string of the molecule is [CH2]NC(C)C(=O)OCc1ccccc1. The number of rotatable bonds is 4. The Morgan fingerprint density at radius 2 is 2.14 bits per heavy atom. The van der Waals surface area contributed by atoms with E-state index < -0.39 is 0 Å². The van der Waals surface area contributed by atoms with Crippen LogP contribution in [0.15, 0.2) is 30.3 Å². The molecule has 1 N–H and O–H groups in total. The molecule has 1 atom stereocenters. The number of benzene rings is 1. The molecule has 75 valence electrons. The average Bonchev–Trinajstić information content (AvgIpc) is 2.26. The summed E-state index contributed by atoms with van der Waals surface area (Å²) in [6, 6.07) is 9.20. The molecule has 14 heavy (non-hydrogen) atoms. The Kier molecular flexibility index (Phi) is 4.13. The van der Waals surface area contributed by atoms with Crippen molar-refractivity contribution in [1.82, 2.24) is 5.32 Å². The second-order valence-corrected chi connectivity index (χ2v) is 3.02. The first-order chi connectivity index (χ1) is 6.74. The molecule has 1 aromatic carbocycles. The second kappa shape index (κ2) is 5.40. The molecule has 0 aliphatic carbocycles. The van der Waals surface area contributed by atoms with Crippen molar-refractivity contribution in [3.63, 3.8) is 0 Å². The van der Waals surface area contributed by atoms with Gasteiger partial charge in [0.25, 0.3) is 0 Å². The lowest BCUT2D eigenvalue weighted by Gasteiger charge is -2.09. The highest BCUT2D eigenvalue weighted by molar-refractivity contribution is 5.75. The van der Waals surface area contributed by atoms with Gasteiger partial charge in [-0.2, -0.15) is 0 Å². The number of hydrogen-bond donors (Lipinski definition) is 1. The molecule has 0 amide bonds. The Balaban J connectivity index is 2.38. The summed E-state index contributed by atoms with van der Waals surface area (Å²) in [4.78, 5) is 11.2. The lowest BCUT2D eigenvalue weighted by Crippen LogP contribution is -2.30. The molecular formula is C11H14NO2. The van der Waals surface area contributed by atoms with Crippen molar-refractivity contribution >= 4 is 5.97 Å². The normalized spacial score (nSPS) is 12.1. The van der Waals surface area contributed by atoms with E-state index in [-0.39, 0.29) is 12.0 Å². The fourth-order valence-electron chi connectivity index (χ4n) is 0.937. The summed E-state index contributed by atoms with van der Waals surface area (Å²) in [5.74, 6) is -0.288. The predicted octanol–water partition coefficient (Wildman–Crippen LogP) is 1.50. The predicted molar refractivity (Wildman–Crippen MR) is 54.2 cm³/mol. The van der Waals surface area contributed by atoms with Gasteiger partial charge in [-0.25, -0.2) is 0 Å². The van der Waals surface area contributed by atoms with Gasteiger partial charge in [0, 0.05) is 7.05 Å². The fraction of sp³-hybridized carbons (Fsp3) is 0.273. The maximum Gasteiger partial charge on any atom is 0.323 e. The maximum absolute atomic E-state index is 11.2. The largest absolute Gasteiger partial charge is 0.460 e. The fourth-order valence-corrected chi connectivity index (χ4v) is 0.937. The topological polar surface area (TPSA) is 38.3 Å². The van der Waals surface area contributed by atoms with Gasteiger partial charge in [-0.05, 0) is 12.5 Å². The zero-order valence-electron chi connectivity index (χ0n) is 8.19. The molecule has 3 heteroatoms. The van der Waals surface area contributed by atoms with Gasteiger partial charge >= 0.3 is 5.97 Å². The van der Waals surface area contributed by atoms with E-state index in [4.69, 9.17) is 4.74 Å². The summed E-state index contributed by atoms with van der Waals surface area (Å²) in [5, 5.41) is 2.58. The molecule has 1 unspecified atom stereocenters. The Hall–Kier alpha value is -1.35. The van der Waals surface area contributed by atoms with Crippen molar-refractivity contribution in [3.8, 4) is 0 Å². The van der Waals surface area contributed by atoms with Crippen molar-refractivity contribution in [2.45, 2.75) is 19.6 Å². The van der Waals surface area contributed by atoms with Crippen LogP contribution in [-0.4, -0.2) is 12.0 Å². The molecular weight excluding hydrogens is 178 g/mol. The van der Waals surface area contributed by atoms with Crippen LogP contribution in [0.2, 0.25) is 0 Å². The molecule has 0 aliphatic rings. The molecule has 0 aromatic heterocycles. The summed E-state index contributed by atoms with van der Waals surface area (Å²) in [6.45, 7) is 2.02. The Bertz CT molecular complexity index is 285. The van der Waals surface area contributed by atoms with E-state index >= 15 is 0 Å². The smallest absolute Gasteiger partial charge is 0.323 e. The molecule has 0 heterocycles. The van der Waals surface area contributed by atoms with E-state index in [0.717, 1.165) is 5.56 Å². The van der Waals surface area contributed by atoms with E-state index in [9.17, 15) is 4.79 Å². The van der Waals surface area contributed by atoms with Gasteiger partial charge in [0.15, 0.2) is 0 Å². The monoisotopic (exact) mass is 192 g/mol. The molecule has 1 aromatic rings. The van der Waals surface area contributed by atoms with Crippen LogP contribution in [0, 0.1) is 7.05 Å². The van der Waals surface area contributed by atoms with Crippen LogP contribution in [0.1, 0.15) is 12.5 Å². The third-order valence-corrected chi connectivity index (χ3v) is 1.88. The molecule has 0 saturated heterocycles. The first-order valence-corrected chi connectivity index (χ1v) is 4.47. The number of esters is 1. The lowest BCUT2D eigenvalue weighted by atomic mass is 10.2. The third kappa shape index (κ3) is 3.18. The maximum atomic E-state index is 11.2. The summed E-state index contributed by atoms with van der Waals surface area (Å²) < 4.78 is 5.04. The van der Waals surface area contributed by atoms with Gasteiger partial charge in [-0.15, -0.1) is 0 Å². The number of ether oxygens (including phenoxy) is 1. The Morgan fingerprint density at radius 3 is 2.71 bits per heavy atom. The van der Waals surface area contributed by atoms with E-state index in [0.29, 0.717) is 6.61 Å². The van der Waals surface area contributed by atoms with Crippen LogP contribution in [-0.2, 0) is 16.1 Å². The molecule has 0 fully saturated rings. The van der Waals surface area contributed by atoms with Crippen LogP contribution >= 0.6 is 0 Å². The number of hydrogen-bond acceptors (Lipinski definition) is 3. The quantitative estimate of drug-likeness (QED) is 0.735. The van der Waals surface area contributed by atoms with Crippen molar-refractivity contribution in [2.24, 2.45) is 0 Å². The lowest BCUT2D eigenvalue weighted by molar-refractivity contribution is -0.146. The minimum absolute atomic E-state index is 0.288. The number of carbonyl (C=O) groups excluding carboxylic acids is 1. The molecule has 1 rings (SSSR count). The number of nitrogens with one attached hydrogen (secondary N) is 1. The Morgan fingerprint density at radius 1 is 1.50 bits per heavy atom. The standard InChI is InChI=1S/C11H14NO2/c1-9(12-2)11(13)14-8-10-6-4-3-5-7-10/h3-7,9,12H,2,8H2,1H3. The van der Waals surface area contributed by atoms with Crippen molar-refractivity contribution in [1.29, 1.82) is 0 Å². The van der Waals surface area contributed by atoms with E-state index in [1.54, 1.807) is 6.92 Å². The average molecular weight is 192 g/mol. The molecule has 0 bridgehead atoms. The first kappa shape index (κ1) is 10.7. The van der Waals surface area contributed by atoms with Crippen LogP contribution in [0.5, 0.6) is 0 Å². The van der Waals surface area contributed by atoms with Crippen molar-refractivity contribution in [2.75, 3.05) is 0 Å². The van der Waals surface area contributed by atoms with Crippen LogP contribution in [0.3, 0.4) is 0 Å². The highest BCUT2D eigenvalue weighted by atomic mass is 16.5. The van der Waals surface area contributed by atoms with Gasteiger partial charge in [-0.1, -0.05) is 30.3 Å². The van der Waals surface area contributed by atoms with Gasteiger partial charge in [0.1, 0.15) is 12.6 Å². The summed E-state index contributed by atoms with van der Waals surface area (Å²) in [7, 11) is 3.41. The van der Waals surface area contributed by atoms with Gasteiger partial charge < -0.3 is 10.1 Å². The molecule has 1 radical (unpaired) electrons. The first-order valence-electron chi connectivity index (χ1n) is 4.47. The van der Waals surface area contributed by atoms with Crippen LogP contribution in [0.4, 0.5) is 0 Å². The van der Waals surface area contributed by atoms with E-state index in [2.05, 4.69) is 12.4 Å². The minimum atomic E-state index is -0.362. The number of carbonyl (C=O) groups is 1. The molecule has 0 aliphatic heterocycles. The molecule has 3 nitrogen and oxygen atoms in total. The van der Waals surface area contributed by atoms with Crippen molar-refractivity contribution < 1.29 is 9.53 Å². The zero-order chi connectivity index (χ0) is 10.4. The highest BCUT2D eigenvalue weighted by Gasteiger charge is 2.10. The Labute approximate surface area is 84.1 Å². The molecule has 0 spiro atoms. The van der Waals surface area contributed by atoms with Gasteiger partial charge in [0.05, 0.1) is 0 Å². The highest BCUT2D eigenvalue weighted by Crippen LogP contribution is 2.01. The van der Waals surface area contributed by atoms with Crippen LogP contribution < -0.4 is 5.32 Å². The van der Waals surface area contributed by atoms with Crippen LogP contribution in [0.25, 0.3) is 0 Å². The zero-order valence-corrected chi connectivity index (χ0v) is 8.19. The molecule has 0 saturated carbocycles. The summed E-state index contributed by atoms with van der Waals surface area (Å²) >= 11 is 0. The summed E-state index contributed by atoms with van der Waals surface area (Å²) in [5.41, 5.74) is 0.983. The second-order valence-electron chi connectivity index (χ2n) is 3.02.